The summed E-state index contributed by atoms with van der Waals surface area (Å²) in [7, 11) is 0. The lowest BCUT2D eigenvalue weighted by Gasteiger charge is -2.26. The quantitative estimate of drug-likeness (QED) is 0.157. The molecule has 0 aliphatic rings. The van der Waals surface area contributed by atoms with Crippen molar-refractivity contribution >= 4 is 82.5 Å². The summed E-state index contributed by atoms with van der Waals surface area (Å²) in [6, 6.07) is 88.1. The first-order valence-corrected chi connectivity index (χ1v) is 21.9. The number of nitrogens with zero attached hydrogens (tertiary/aromatic N) is 4. The van der Waals surface area contributed by atoms with Gasteiger partial charge in [0.15, 0.2) is 0 Å². The van der Waals surface area contributed by atoms with Crippen LogP contribution in [0.3, 0.4) is 0 Å². The average Bonchev–Trinajstić information content (AvgIpc) is 4.00. The van der Waals surface area contributed by atoms with Crippen LogP contribution in [-0.2, 0) is 0 Å². The Hall–Kier alpha value is -8.60. The van der Waals surface area contributed by atoms with Gasteiger partial charge in [0.2, 0.25) is 0 Å². The second kappa shape index (κ2) is 14.5. The summed E-state index contributed by atoms with van der Waals surface area (Å²) < 4.78 is 7.19. The van der Waals surface area contributed by atoms with E-state index < -0.39 is 0 Å². The standard InChI is InChI=1S/C60H40N4/c1-4-17-43(18-5-1)61(48-33-36-59-54(40-48)51-27-12-14-29-56(51)62(59)44-19-6-2-7-20-44)46-23-16-24-47(39-46)64-57-30-15-11-26-50(57)53-37-41(32-35-58(53)64)42-31-34-52-49-25-10-13-28-55(49)63(60(52)38-42)45-21-8-3-9-22-45/h1-40H. The molecule has 0 radical (unpaired) electrons. The van der Waals surface area contributed by atoms with Crippen molar-refractivity contribution in [2.75, 3.05) is 4.90 Å². The molecule has 64 heavy (non-hydrogen) atoms. The highest BCUT2D eigenvalue weighted by atomic mass is 15.1. The summed E-state index contributed by atoms with van der Waals surface area (Å²) >= 11 is 0. The summed E-state index contributed by atoms with van der Waals surface area (Å²) in [5, 5.41) is 7.41. The van der Waals surface area contributed by atoms with Crippen molar-refractivity contribution in [1.29, 1.82) is 0 Å². The van der Waals surface area contributed by atoms with Crippen LogP contribution in [0, 0.1) is 0 Å². The molecule has 0 bridgehead atoms. The highest BCUT2D eigenvalue weighted by molar-refractivity contribution is 6.13. The van der Waals surface area contributed by atoms with Crippen molar-refractivity contribution in [3.05, 3.63) is 243 Å². The maximum atomic E-state index is 2.42. The summed E-state index contributed by atoms with van der Waals surface area (Å²) in [5.41, 5.74) is 16.2. The molecule has 0 aliphatic carbocycles. The molecule has 0 unspecified atom stereocenters. The Morgan fingerprint density at radius 1 is 0.219 bits per heavy atom. The van der Waals surface area contributed by atoms with Crippen LogP contribution < -0.4 is 4.90 Å². The number of hydrogen-bond donors (Lipinski definition) is 0. The van der Waals surface area contributed by atoms with Gasteiger partial charge in [-0.3, -0.25) is 0 Å². The third-order valence-corrected chi connectivity index (χ3v) is 13.0. The predicted octanol–water partition coefficient (Wildman–Crippen LogP) is 16.1. The van der Waals surface area contributed by atoms with E-state index in [1.165, 1.54) is 76.5 Å². The van der Waals surface area contributed by atoms with Crippen molar-refractivity contribution in [3.8, 4) is 28.2 Å². The molecule has 0 atom stereocenters. The Labute approximate surface area is 370 Å². The molecule has 4 nitrogen and oxygen atoms in total. The minimum absolute atomic E-state index is 1.08. The molecule has 0 spiro atoms. The highest BCUT2D eigenvalue weighted by Crippen LogP contribution is 2.42. The molecule has 3 aromatic heterocycles. The van der Waals surface area contributed by atoms with Crippen LogP contribution in [0.5, 0.6) is 0 Å². The van der Waals surface area contributed by atoms with Crippen molar-refractivity contribution in [2.45, 2.75) is 0 Å². The van der Waals surface area contributed by atoms with Crippen LogP contribution in [-0.4, -0.2) is 13.7 Å². The molecule has 0 fully saturated rings. The van der Waals surface area contributed by atoms with Crippen LogP contribution in [0.1, 0.15) is 0 Å². The number of aromatic nitrogens is 3. The topological polar surface area (TPSA) is 18.0 Å². The first-order valence-electron chi connectivity index (χ1n) is 21.9. The number of para-hydroxylation sites is 6. The maximum Gasteiger partial charge on any atom is 0.0547 e. The van der Waals surface area contributed by atoms with E-state index in [0.717, 1.165) is 34.1 Å². The molecular formula is C60H40N4. The summed E-state index contributed by atoms with van der Waals surface area (Å²) in [6.07, 6.45) is 0. The van der Waals surface area contributed by atoms with Crippen molar-refractivity contribution < 1.29 is 0 Å². The molecule has 300 valence electrons. The summed E-state index contributed by atoms with van der Waals surface area (Å²) in [5.74, 6) is 0. The van der Waals surface area contributed by atoms with Gasteiger partial charge >= 0.3 is 0 Å². The van der Waals surface area contributed by atoms with Crippen LogP contribution in [0.4, 0.5) is 17.1 Å². The van der Waals surface area contributed by atoms with E-state index in [-0.39, 0.29) is 0 Å². The Morgan fingerprint density at radius 2 is 0.625 bits per heavy atom. The van der Waals surface area contributed by atoms with Gasteiger partial charge in [0.25, 0.3) is 0 Å². The van der Waals surface area contributed by atoms with Gasteiger partial charge in [0, 0.05) is 66.4 Å². The van der Waals surface area contributed by atoms with Gasteiger partial charge < -0.3 is 18.6 Å². The molecule has 0 saturated carbocycles. The zero-order chi connectivity index (χ0) is 42.1. The first-order chi connectivity index (χ1) is 31.8. The van der Waals surface area contributed by atoms with Gasteiger partial charge in [-0.05, 0) is 120 Å². The fourth-order valence-corrected chi connectivity index (χ4v) is 10.2. The van der Waals surface area contributed by atoms with E-state index in [1.54, 1.807) is 0 Å². The number of benzene rings is 10. The molecule has 13 aromatic rings. The fraction of sp³-hybridized carbons (Fsp3) is 0. The predicted molar refractivity (Wildman–Crippen MR) is 270 cm³/mol. The number of anilines is 3. The Morgan fingerprint density at radius 3 is 1.27 bits per heavy atom. The molecular weight excluding hydrogens is 777 g/mol. The second-order valence-corrected chi connectivity index (χ2v) is 16.6. The third-order valence-electron chi connectivity index (χ3n) is 13.0. The zero-order valence-corrected chi connectivity index (χ0v) is 34.9. The van der Waals surface area contributed by atoms with E-state index >= 15 is 0 Å². The van der Waals surface area contributed by atoms with Crippen molar-refractivity contribution in [2.24, 2.45) is 0 Å². The monoisotopic (exact) mass is 816 g/mol. The number of rotatable bonds is 7. The third kappa shape index (κ3) is 5.63. The van der Waals surface area contributed by atoms with Crippen LogP contribution >= 0.6 is 0 Å². The van der Waals surface area contributed by atoms with Gasteiger partial charge in [-0.15, -0.1) is 0 Å². The smallest absolute Gasteiger partial charge is 0.0547 e. The fourth-order valence-electron chi connectivity index (χ4n) is 10.2. The molecule has 0 saturated heterocycles. The van der Waals surface area contributed by atoms with Gasteiger partial charge in [-0.2, -0.15) is 0 Å². The highest BCUT2D eigenvalue weighted by Gasteiger charge is 2.20. The Kier molecular flexibility index (Phi) is 8.18. The normalized spacial score (nSPS) is 11.8. The maximum absolute atomic E-state index is 2.42. The lowest BCUT2D eigenvalue weighted by Crippen LogP contribution is -2.10. The summed E-state index contributed by atoms with van der Waals surface area (Å²) in [4.78, 5) is 2.38. The van der Waals surface area contributed by atoms with E-state index in [2.05, 4.69) is 261 Å². The van der Waals surface area contributed by atoms with E-state index in [0.29, 0.717) is 0 Å². The molecule has 0 N–H and O–H groups in total. The molecule has 13 rings (SSSR count). The minimum atomic E-state index is 1.08. The molecule has 3 heterocycles. The van der Waals surface area contributed by atoms with Gasteiger partial charge in [-0.1, -0.05) is 133 Å². The van der Waals surface area contributed by atoms with Crippen LogP contribution in [0.2, 0.25) is 0 Å². The molecule has 0 aliphatic heterocycles. The van der Waals surface area contributed by atoms with Gasteiger partial charge in [0.05, 0.1) is 33.1 Å². The average molecular weight is 817 g/mol. The van der Waals surface area contributed by atoms with E-state index in [1.807, 2.05) is 0 Å². The zero-order valence-electron chi connectivity index (χ0n) is 34.9. The number of hydrogen-bond acceptors (Lipinski definition) is 1. The molecule has 0 amide bonds. The van der Waals surface area contributed by atoms with Gasteiger partial charge in [0.1, 0.15) is 0 Å². The minimum Gasteiger partial charge on any atom is -0.310 e. The lowest BCUT2D eigenvalue weighted by molar-refractivity contribution is 1.17. The largest absolute Gasteiger partial charge is 0.310 e. The Bertz CT molecular complexity index is 3890. The Balaban J connectivity index is 0.957. The van der Waals surface area contributed by atoms with Crippen LogP contribution in [0.25, 0.3) is 93.6 Å². The summed E-state index contributed by atoms with van der Waals surface area (Å²) in [6.45, 7) is 0. The molecule has 4 heteroatoms. The van der Waals surface area contributed by atoms with Gasteiger partial charge in [-0.25, -0.2) is 0 Å². The second-order valence-electron chi connectivity index (χ2n) is 16.6. The van der Waals surface area contributed by atoms with Crippen molar-refractivity contribution in [1.82, 2.24) is 13.7 Å². The van der Waals surface area contributed by atoms with E-state index in [4.69, 9.17) is 0 Å². The van der Waals surface area contributed by atoms with Crippen LogP contribution in [0.15, 0.2) is 243 Å². The SMILES string of the molecule is c1ccc(N(c2cccc(-n3c4ccccc4c4cc(-c5ccc6c7ccccc7n(-c7ccccc7)c6c5)ccc43)c2)c2ccc3c(c2)c2ccccc2n3-c2ccccc2)cc1. The molecule has 10 aromatic carbocycles. The lowest BCUT2D eigenvalue weighted by atomic mass is 10.0. The number of fused-ring (bicyclic) bond motifs is 9. The van der Waals surface area contributed by atoms with Crippen molar-refractivity contribution in [3.63, 3.8) is 0 Å². The first kappa shape index (κ1) is 36.1. The van der Waals surface area contributed by atoms with E-state index in [9.17, 15) is 0 Å².